The van der Waals surface area contributed by atoms with E-state index in [2.05, 4.69) is 47.4 Å². The van der Waals surface area contributed by atoms with Crippen molar-refractivity contribution >= 4 is 22.8 Å². The van der Waals surface area contributed by atoms with Gasteiger partial charge in [-0.2, -0.15) is 0 Å². The molecule has 0 spiro atoms. The van der Waals surface area contributed by atoms with Gasteiger partial charge in [0.15, 0.2) is 5.51 Å². The third-order valence-corrected chi connectivity index (χ3v) is 2.96. The Balaban J connectivity index is 2.38. The fourth-order valence-electron chi connectivity index (χ4n) is 1.64. The van der Waals surface area contributed by atoms with Gasteiger partial charge in [-0.1, -0.05) is 17.7 Å². The number of hydrogen-bond donors (Lipinski definition) is 0. The maximum absolute atomic E-state index is 4.18. The highest BCUT2D eigenvalue weighted by molar-refractivity contribution is 7.07. The molecule has 77 valence electrons. The van der Waals surface area contributed by atoms with E-state index in [1.807, 2.05) is 12.4 Å². The molecule has 0 N–H and O–H groups in total. The number of aromatic nitrogens is 1. The lowest BCUT2D eigenvalue weighted by atomic mass is 10.1. The first-order valence-corrected chi connectivity index (χ1v) is 5.69. The van der Waals surface area contributed by atoms with Crippen LogP contribution in [0.5, 0.6) is 0 Å². The minimum atomic E-state index is 0.951. The molecule has 0 aliphatic heterocycles. The first kappa shape index (κ1) is 10.2. The molecule has 0 fully saturated rings. The number of nitrogens with zero attached hydrogens (tertiary/aromatic N) is 2. The SMILES string of the molecule is Cc1ccc(N(C)c2cs[c]n2)c(C)c1. The Bertz CT molecular complexity index is 449. The maximum Gasteiger partial charge on any atom is 0.154 e. The van der Waals surface area contributed by atoms with E-state index in [0.717, 1.165) is 5.82 Å². The number of aryl methyl sites for hydroxylation is 2. The lowest BCUT2D eigenvalue weighted by Gasteiger charge is -2.19. The fourth-order valence-corrected chi connectivity index (χ4v) is 2.15. The molecule has 1 aromatic carbocycles. The van der Waals surface area contributed by atoms with Crippen molar-refractivity contribution in [2.75, 3.05) is 11.9 Å². The topological polar surface area (TPSA) is 16.1 Å². The van der Waals surface area contributed by atoms with Gasteiger partial charge >= 0.3 is 0 Å². The molecule has 0 bridgehead atoms. The van der Waals surface area contributed by atoms with Gasteiger partial charge in [0.25, 0.3) is 0 Å². The molecule has 2 nitrogen and oxygen atoms in total. The Morgan fingerprint density at radius 1 is 1.33 bits per heavy atom. The predicted octanol–water partition coefficient (Wildman–Crippen LogP) is 3.33. The van der Waals surface area contributed by atoms with Crippen LogP contribution in [0.4, 0.5) is 11.5 Å². The molecule has 1 aromatic heterocycles. The minimum absolute atomic E-state index is 0.951. The second-order valence-electron chi connectivity index (χ2n) is 3.65. The van der Waals surface area contributed by atoms with Gasteiger partial charge < -0.3 is 4.90 Å². The highest BCUT2D eigenvalue weighted by Gasteiger charge is 2.08. The van der Waals surface area contributed by atoms with Crippen LogP contribution in [0.3, 0.4) is 0 Å². The van der Waals surface area contributed by atoms with Crippen molar-refractivity contribution in [2.45, 2.75) is 13.8 Å². The first-order chi connectivity index (χ1) is 7.18. The summed E-state index contributed by atoms with van der Waals surface area (Å²) in [6.07, 6.45) is 0. The van der Waals surface area contributed by atoms with Crippen molar-refractivity contribution in [1.29, 1.82) is 0 Å². The van der Waals surface area contributed by atoms with Crippen molar-refractivity contribution < 1.29 is 0 Å². The summed E-state index contributed by atoms with van der Waals surface area (Å²) in [6, 6.07) is 6.43. The Kier molecular flexibility index (Phi) is 2.73. The second-order valence-corrected chi connectivity index (χ2v) is 4.30. The Labute approximate surface area is 94.2 Å². The summed E-state index contributed by atoms with van der Waals surface area (Å²) in [4.78, 5) is 6.26. The van der Waals surface area contributed by atoms with Gasteiger partial charge in [0, 0.05) is 18.1 Å². The average Bonchev–Trinajstić information content (AvgIpc) is 2.69. The molecule has 0 aliphatic carbocycles. The van der Waals surface area contributed by atoms with Crippen LogP contribution in [0.2, 0.25) is 0 Å². The predicted molar refractivity (Wildman–Crippen MR) is 64.9 cm³/mol. The molecule has 0 aliphatic rings. The molecule has 2 aromatic rings. The van der Waals surface area contributed by atoms with Crippen LogP contribution in [0.15, 0.2) is 23.6 Å². The van der Waals surface area contributed by atoms with Crippen molar-refractivity contribution in [2.24, 2.45) is 0 Å². The van der Waals surface area contributed by atoms with Crippen molar-refractivity contribution in [3.63, 3.8) is 0 Å². The number of thiazole rings is 1. The fraction of sp³-hybridized carbons (Fsp3) is 0.250. The van der Waals surface area contributed by atoms with Gasteiger partial charge in [-0.3, -0.25) is 0 Å². The van der Waals surface area contributed by atoms with Crippen molar-refractivity contribution in [3.05, 3.63) is 40.2 Å². The van der Waals surface area contributed by atoms with E-state index < -0.39 is 0 Å². The molecule has 3 heteroatoms. The molecule has 1 radical (unpaired) electrons. The second kappa shape index (κ2) is 4.03. The molecule has 0 saturated heterocycles. The summed E-state index contributed by atoms with van der Waals surface area (Å²) in [5.74, 6) is 0.951. The molecule has 0 atom stereocenters. The summed E-state index contributed by atoms with van der Waals surface area (Å²) in [6.45, 7) is 4.22. The van der Waals surface area contributed by atoms with E-state index in [-0.39, 0.29) is 0 Å². The Hall–Kier alpha value is -1.35. The van der Waals surface area contributed by atoms with Crippen LogP contribution in [0.1, 0.15) is 11.1 Å². The zero-order chi connectivity index (χ0) is 10.8. The molecule has 15 heavy (non-hydrogen) atoms. The van der Waals surface area contributed by atoms with E-state index in [1.165, 1.54) is 28.2 Å². The third-order valence-electron chi connectivity index (χ3n) is 2.43. The monoisotopic (exact) mass is 217 g/mol. The van der Waals surface area contributed by atoms with E-state index in [9.17, 15) is 0 Å². The smallest absolute Gasteiger partial charge is 0.154 e. The third kappa shape index (κ3) is 2.02. The summed E-state index contributed by atoms with van der Waals surface area (Å²) < 4.78 is 0. The van der Waals surface area contributed by atoms with Crippen molar-refractivity contribution in [3.8, 4) is 0 Å². The van der Waals surface area contributed by atoms with Crippen LogP contribution in [-0.4, -0.2) is 12.0 Å². The van der Waals surface area contributed by atoms with E-state index >= 15 is 0 Å². The lowest BCUT2D eigenvalue weighted by Crippen LogP contribution is -2.11. The van der Waals surface area contributed by atoms with Crippen LogP contribution < -0.4 is 4.90 Å². The first-order valence-electron chi connectivity index (χ1n) is 4.81. The van der Waals surface area contributed by atoms with Gasteiger partial charge in [0.05, 0.1) is 0 Å². The summed E-state index contributed by atoms with van der Waals surface area (Å²) in [5, 5.41) is 2.00. The van der Waals surface area contributed by atoms with E-state index in [0.29, 0.717) is 0 Å². The highest BCUT2D eigenvalue weighted by Crippen LogP contribution is 2.26. The molecule has 0 saturated carbocycles. The standard InChI is InChI=1S/C12H13N2S/c1-9-4-5-11(10(2)6-9)14(3)12-7-15-8-13-12/h4-7H,1-3H3. The Morgan fingerprint density at radius 2 is 2.13 bits per heavy atom. The number of benzene rings is 1. The van der Waals surface area contributed by atoms with Gasteiger partial charge in [-0.25, -0.2) is 4.98 Å². The van der Waals surface area contributed by atoms with Gasteiger partial charge in [-0.15, -0.1) is 11.3 Å². The minimum Gasteiger partial charge on any atom is -0.329 e. The molecular weight excluding hydrogens is 204 g/mol. The molecule has 0 amide bonds. The van der Waals surface area contributed by atoms with Crippen LogP contribution in [-0.2, 0) is 0 Å². The van der Waals surface area contributed by atoms with E-state index in [1.54, 1.807) is 0 Å². The van der Waals surface area contributed by atoms with Crippen LogP contribution in [0.25, 0.3) is 0 Å². The Morgan fingerprint density at radius 3 is 2.73 bits per heavy atom. The average molecular weight is 217 g/mol. The molecule has 0 unspecified atom stereocenters. The highest BCUT2D eigenvalue weighted by atomic mass is 32.1. The van der Waals surface area contributed by atoms with Crippen LogP contribution in [0, 0.1) is 19.4 Å². The maximum atomic E-state index is 4.18. The van der Waals surface area contributed by atoms with Gasteiger partial charge in [0.1, 0.15) is 5.82 Å². The van der Waals surface area contributed by atoms with Crippen LogP contribution >= 0.6 is 11.3 Å². The van der Waals surface area contributed by atoms with Gasteiger partial charge in [-0.05, 0) is 25.5 Å². The van der Waals surface area contributed by atoms with Crippen molar-refractivity contribution in [1.82, 2.24) is 4.98 Å². The molecular formula is C12H13N2S. The largest absolute Gasteiger partial charge is 0.329 e. The summed E-state index contributed by atoms with van der Waals surface area (Å²) >= 11 is 1.49. The molecule has 1 heterocycles. The summed E-state index contributed by atoms with van der Waals surface area (Å²) in [5.41, 5.74) is 6.61. The zero-order valence-corrected chi connectivity index (χ0v) is 9.93. The lowest BCUT2D eigenvalue weighted by molar-refractivity contribution is 1.13. The number of rotatable bonds is 2. The zero-order valence-electron chi connectivity index (χ0n) is 9.11. The normalized spacial score (nSPS) is 10.3. The summed E-state index contributed by atoms with van der Waals surface area (Å²) in [7, 11) is 2.03. The van der Waals surface area contributed by atoms with Gasteiger partial charge in [0.2, 0.25) is 0 Å². The molecule has 2 rings (SSSR count). The van der Waals surface area contributed by atoms with E-state index in [4.69, 9.17) is 0 Å². The quantitative estimate of drug-likeness (QED) is 0.767. The number of hydrogen-bond acceptors (Lipinski definition) is 3. The number of anilines is 2.